The minimum atomic E-state index is 0.291. The lowest BCUT2D eigenvalue weighted by molar-refractivity contribution is 0.408. The normalized spacial score (nSPS) is 15.6. The largest absolute Gasteiger partial charge is 0.367 e. The molecule has 0 bridgehead atoms. The molecule has 2 aromatic rings. The standard InChI is InChI=1S/C16H27N9/c1-4-11-9-14(21-16(19-11)24(2)3)25-7-5-12(6-8-25)18-10-13-20-15(17)23-22-13/h9,12,18H,4-8,10H2,1-3H3,(H3,17,20,22,23). The summed E-state index contributed by atoms with van der Waals surface area (Å²) in [5.41, 5.74) is 6.60. The number of nitrogens with two attached hydrogens (primary N) is 1. The third-order valence-electron chi connectivity index (χ3n) is 4.44. The first-order valence-corrected chi connectivity index (χ1v) is 8.75. The zero-order valence-electron chi connectivity index (χ0n) is 15.2. The molecular formula is C16H27N9. The number of H-pyrrole nitrogens is 1. The third kappa shape index (κ3) is 4.36. The second-order valence-corrected chi connectivity index (χ2v) is 6.55. The molecule has 4 N–H and O–H groups in total. The fourth-order valence-electron chi connectivity index (χ4n) is 2.96. The fourth-order valence-corrected chi connectivity index (χ4v) is 2.96. The summed E-state index contributed by atoms with van der Waals surface area (Å²) >= 11 is 0. The summed E-state index contributed by atoms with van der Waals surface area (Å²) in [6.07, 6.45) is 3.04. The Morgan fingerprint density at radius 3 is 2.64 bits per heavy atom. The molecule has 0 spiro atoms. The first kappa shape index (κ1) is 17.4. The van der Waals surface area contributed by atoms with Crippen LogP contribution in [0.4, 0.5) is 17.7 Å². The zero-order chi connectivity index (χ0) is 17.8. The SMILES string of the molecule is CCc1cc(N2CCC(NCc3nc(N)n[nH]3)CC2)nc(N(C)C)n1. The Labute approximate surface area is 148 Å². The highest BCUT2D eigenvalue weighted by atomic mass is 15.3. The highest BCUT2D eigenvalue weighted by Gasteiger charge is 2.21. The number of nitrogen functional groups attached to an aromatic ring is 1. The summed E-state index contributed by atoms with van der Waals surface area (Å²) in [4.78, 5) is 17.7. The first-order valence-electron chi connectivity index (χ1n) is 8.75. The van der Waals surface area contributed by atoms with Crippen molar-refractivity contribution in [3.63, 3.8) is 0 Å². The summed E-state index contributed by atoms with van der Waals surface area (Å²) < 4.78 is 0. The second-order valence-electron chi connectivity index (χ2n) is 6.55. The number of aryl methyl sites for hydroxylation is 1. The summed E-state index contributed by atoms with van der Waals surface area (Å²) in [5.74, 6) is 2.87. The Hall–Kier alpha value is -2.42. The summed E-state index contributed by atoms with van der Waals surface area (Å²) in [5, 5.41) is 10.2. The number of rotatable bonds is 6. The van der Waals surface area contributed by atoms with E-state index in [1.54, 1.807) is 0 Å². The number of piperidine rings is 1. The molecule has 2 aromatic heterocycles. The number of hydrogen-bond acceptors (Lipinski definition) is 8. The van der Waals surface area contributed by atoms with Crippen LogP contribution >= 0.6 is 0 Å². The average molecular weight is 345 g/mol. The van der Waals surface area contributed by atoms with Gasteiger partial charge in [-0.25, -0.2) is 4.98 Å². The van der Waals surface area contributed by atoms with Crippen LogP contribution in [0.25, 0.3) is 0 Å². The number of nitrogens with one attached hydrogen (secondary N) is 2. The molecule has 0 unspecified atom stereocenters. The maximum atomic E-state index is 5.52. The van der Waals surface area contributed by atoms with Gasteiger partial charge in [0.25, 0.3) is 0 Å². The number of anilines is 3. The van der Waals surface area contributed by atoms with E-state index < -0.39 is 0 Å². The van der Waals surface area contributed by atoms with Gasteiger partial charge in [0, 0.05) is 45.0 Å². The predicted molar refractivity (Wildman–Crippen MR) is 98.6 cm³/mol. The van der Waals surface area contributed by atoms with Crippen molar-refractivity contribution in [3.05, 3.63) is 17.6 Å². The molecule has 1 fully saturated rings. The first-order chi connectivity index (χ1) is 12.0. The molecule has 0 aromatic carbocycles. The second kappa shape index (κ2) is 7.64. The van der Waals surface area contributed by atoms with Gasteiger partial charge in [-0.2, -0.15) is 9.97 Å². The summed E-state index contributed by atoms with van der Waals surface area (Å²) in [6.45, 7) is 4.73. The minimum absolute atomic E-state index is 0.291. The van der Waals surface area contributed by atoms with E-state index in [0.29, 0.717) is 18.5 Å². The van der Waals surface area contributed by atoms with Crippen molar-refractivity contribution in [2.45, 2.75) is 38.8 Å². The zero-order valence-corrected chi connectivity index (χ0v) is 15.2. The molecule has 3 rings (SSSR count). The number of aromatic nitrogens is 5. The molecular weight excluding hydrogens is 318 g/mol. The van der Waals surface area contributed by atoms with E-state index in [4.69, 9.17) is 10.7 Å². The maximum Gasteiger partial charge on any atom is 0.239 e. The van der Waals surface area contributed by atoms with E-state index in [9.17, 15) is 0 Å². The molecule has 0 saturated carbocycles. The molecule has 9 nitrogen and oxygen atoms in total. The van der Waals surface area contributed by atoms with Gasteiger partial charge in [0.05, 0.1) is 6.54 Å². The highest BCUT2D eigenvalue weighted by molar-refractivity contribution is 5.46. The van der Waals surface area contributed by atoms with Crippen molar-refractivity contribution in [2.75, 3.05) is 42.7 Å². The molecule has 9 heteroatoms. The summed E-state index contributed by atoms with van der Waals surface area (Å²) in [7, 11) is 3.95. The van der Waals surface area contributed by atoms with Crippen LogP contribution in [-0.4, -0.2) is 58.4 Å². The molecule has 136 valence electrons. The van der Waals surface area contributed by atoms with Crippen molar-refractivity contribution < 1.29 is 0 Å². The fraction of sp³-hybridized carbons (Fsp3) is 0.625. The monoisotopic (exact) mass is 345 g/mol. The van der Waals surface area contributed by atoms with E-state index in [0.717, 1.165) is 55.6 Å². The van der Waals surface area contributed by atoms with Crippen LogP contribution in [-0.2, 0) is 13.0 Å². The van der Waals surface area contributed by atoms with Crippen LogP contribution in [0.1, 0.15) is 31.3 Å². The van der Waals surface area contributed by atoms with Crippen LogP contribution in [0, 0.1) is 0 Å². The van der Waals surface area contributed by atoms with Crippen molar-refractivity contribution in [3.8, 4) is 0 Å². The van der Waals surface area contributed by atoms with Crippen molar-refractivity contribution in [2.24, 2.45) is 0 Å². The molecule has 0 radical (unpaired) electrons. The van der Waals surface area contributed by atoms with Crippen LogP contribution in [0.3, 0.4) is 0 Å². The van der Waals surface area contributed by atoms with E-state index in [1.807, 2.05) is 19.0 Å². The smallest absolute Gasteiger partial charge is 0.239 e. The van der Waals surface area contributed by atoms with Crippen molar-refractivity contribution >= 4 is 17.7 Å². The van der Waals surface area contributed by atoms with Gasteiger partial charge in [-0.05, 0) is 19.3 Å². The number of aromatic amines is 1. The maximum absolute atomic E-state index is 5.52. The Morgan fingerprint density at radius 1 is 1.28 bits per heavy atom. The Balaban J connectivity index is 1.57. The Kier molecular flexibility index (Phi) is 5.32. The van der Waals surface area contributed by atoms with Crippen LogP contribution in [0.5, 0.6) is 0 Å². The summed E-state index contributed by atoms with van der Waals surface area (Å²) in [6, 6.07) is 2.57. The quantitative estimate of drug-likeness (QED) is 0.696. The molecule has 1 aliphatic heterocycles. The molecule has 3 heterocycles. The van der Waals surface area contributed by atoms with Gasteiger partial charge in [-0.3, -0.25) is 5.10 Å². The lowest BCUT2D eigenvalue weighted by atomic mass is 10.0. The van der Waals surface area contributed by atoms with Gasteiger partial charge in [-0.1, -0.05) is 6.92 Å². The van der Waals surface area contributed by atoms with Crippen molar-refractivity contribution in [1.29, 1.82) is 0 Å². The third-order valence-corrected chi connectivity index (χ3v) is 4.44. The van der Waals surface area contributed by atoms with Crippen LogP contribution in [0.2, 0.25) is 0 Å². The van der Waals surface area contributed by atoms with E-state index in [1.165, 1.54) is 0 Å². The van der Waals surface area contributed by atoms with Gasteiger partial charge in [-0.15, -0.1) is 5.10 Å². The Morgan fingerprint density at radius 2 is 2.04 bits per heavy atom. The van der Waals surface area contributed by atoms with E-state index >= 15 is 0 Å². The van der Waals surface area contributed by atoms with Gasteiger partial charge < -0.3 is 20.9 Å². The van der Waals surface area contributed by atoms with E-state index in [2.05, 4.69) is 43.4 Å². The van der Waals surface area contributed by atoms with Gasteiger partial charge in [0.15, 0.2) is 0 Å². The van der Waals surface area contributed by atoms with E-state index in [-0.39, 0.29) is 0 Å². The Bertz CT molecular complexity index is 689. The lowest BCUT2D eigenvalue weighted by Gasteiger charge is -2.33. The predicted octanol–water partition coefficient (Wildman–Crippen LogP) is 0.564. The molecule has 0 atom stereocenters. The van der Waals surface area contributed by atoms with Crippen molar-refractivity contribution in [1.82, 2.24) is 30.5 Å². The van der Waals surface area contributed by atoms with Crippen LogP contribution in [0.15, 0.2) is 6.07 Å². The molecule has 0 amide bonds. The van der Waals surface area contributed by atoms with Gasteiger partial charge in [0.2, 0.25) is 11.9 Å². The van der Waals surface area contributed by atoms with Crippen LogP contribution < -0.4 is 20.9 Å². The minimum Gasteiger partial charge on any atom is -0.367 e. The molecule has 0 aliphatic carbocycles. The van der Waals surface area contributed by atoms with Gasteiger partial charge in [0.1, 0.15) is 11.6 Å². The molecule has 25 heavy (non-hydrogen) atoms. The molecule has 1 saturated heterocycles. The number of nitrogens with zero attached hydrogens (tertiary/aromatic N) is 6. The van der Waals surface area contributed by atoms with Gasteiger partial charge >= 0.3 is 0 Å². The topological polar surface area (TPSA) is 112 Å². The average Bonchev–Trinajstić information content (AvgIpc) is 3.05. The number of hydrogen-bond donors (Lipinski definition) is 3. The highest BCUT2D eigenvalue weighted by Crippen LogP contribution is 2.21. The molecule has 1 aliphatic rings. The lowest BCUT2D eigenvalue weighted by Crippen LogP contribution is -2.42.